The zero-order valence-electron chi connectivity index (χ0n) is 10.6. The molecule has 0 amide bonds. The summed E-state index contributed by atoms with van der Waals surface area (Å²) >= 11 is 0. The van der Waals surface area contributed by atoms with Gasteiger partial charge in [0, 0.05) is 19.3 Å². The van der Waals surface area contributed by atoms with Gasteiger partial charge in [-0.25, -0.2) is 0 Å². The van der Waals surface area contributed by atoms with Crippen LogP contribution in [0.3, 0.4) is 0 Å². The first-order chi connectivity index (χ1) is 8.83. The number of fused-ring (bicyclic) bond motifs is 1. The summed E-state index contributed by atoms with van der Waals surface area (Å²) in [6.45, 7) is 4.17. The molecule has 90 valence electrons. The minimum Gasteiger partial charge on any atom is -0.369 e. The van der Waals surface area contributed by atoms with Crippen molar-refractivity contribution in [3.63, 3.8) is 0 Å². The molecule has 0 atom stereocenters. The molecule has 3 rings (SSSR count). The van der Waals surface area contributed by atoms with Crippen molar-refractivity contribution in [1.29, 1.82) is 0 Å². The first kappa shape index (κ1) is 11.1. The van der Waals surface area contributed by atoms with Crippen molar-refractivity contribution in [2.24, 2.45) is 0 Å². The second kappa shape index (κ2) is 4.69. The maximum atomic E-state index is 2.38. The molecule has 18 heavy (non-hydrogen) atoms. The second-order valence-electron chi connectivity index (χ2n) is 4.86. The molecule has 1 aliphatic rings. The Kier molecular flexibility index (Phi) is 2.89. The summed E-state index contributed by atoms with van der Waals surface area (Å²) in [5.74, 6) is 0. The van der Waals surface area contributed by atoms with Gasteiger partial charge in [-0.15, -0.1) is 0 Å². The minimum absolute atomic E-state index is 0.979. The fourth-order valence-corrected chi connectivity index (χ4v) is 2.57. The van der Waals surface area contributed by atoms with E-state index in [0.717, 1.165) is 13.1 Å². The van der Waals surface area contributed by atoms with Crippen LogP contribution in [0.1, 0.15) is 23.6 Å². The summed E-state index contributed by atoms with van der Waals surface area (Å²) in [6.07, 6.45) is 2.27. The van der Waals surface area contributed by atoms with E-state index in [1.54, 1.807) is 0 Å². The van der Waals surface area contributed by atoms with E-state index in [1.807, 2.05) is 0 Å². The maximum absolute atomic E-state index is 2.38. The summed E-state index contributed by atoms with van der Waals surface area (Å²) in [7, 11) is 0. The lowest BCUT2D eigenvalue weighted by molar-refractivity contribution is 0.358. The highest BCUT2D eigenvalue weighted by atomic mass is 15.1. The average Bonchev–Trinajstić information content (AvgIpc) is 2.40. The molecule has 0 spiro atoms. The van der Waals surface area contributed by atoms with E-state index in [4.69, 9.17) is 0 Å². The minimum atomic E-state index is 0.979. The van der Waals surface area contributed by atoms with E-state index in [-0.39, 0.29) is 0 Å². The lowest BCUT2D eigenvalue weighted by atomic mass is 9.98. The predicted octanol–water partition coefficient (Wildman–Crippen LogP) is 4.06. The fraction of sp³-hybridized carbons (Fsp3) is 0.176. The van der Waals surface area contributed by atoms with Crippen LogP contribution in [0, 0.1) is 0 Å². The van der Waals surface area contributed by atoms with Crippen LogP contribution < -0.4 is 0 Å². The Morgan fingerprint density at radius 2 is 1.67 bits per heavy atom. The van der Waals surface area contributed by atoms with Crippen molar-refractivity contribution in [3.8, 4) is 0 Å². The van der Waals surface area contributed by atoms with Crippen LogP contribution >= 0.6 is 0 Å². The Morgan fingerprint density at radius 1 is 0.944 bits per heavy atom. The summed E-state index contributed by atoms with van der Waals surface area (Å²) < 4.78 is 0. The monoisotopic (exact) mass is 235 g/mol. The largest absolute Gasteiger partial charge is 0.369 e. The third kappa shape index (κ3) is 2.17. The van der Waals surface area contributed by atoms with Gasteiger partial charge < -0.3 is 4.90 Å². The molecule has 1 aliphatic heterocycles. The molecule has 2 aromatic rings. The molecule has 0 bridgehead atoms. The van der Waals surface area contributed by atoms with E-state index >= 15 is 0 Å². The van der Waals surface area contributed by atoms with Crippen molar-refractivity contribution < 1.29 is 0 Å². The van der Waals surface area contributed by atoms with Gasteiger partial charge in [-0.05, 0) is 29.2 Å². The van der Waals surface area contributed by atoms with E-state index in [0.29, 0.717) is 0 Å². The third-order valence-electron chi connectivity index (χ3n) is 3.42. The van der Waals surface area contributed by atoms with Crippen molar-refractivity contribution >= 4 is 5.57 Å². The molecule has 0 radical (unpaired) electrons. The SMILES string of the molecule is CC1=CN(Cc2ccccc2)Cc2ccccc21. The Morgan fingerprint density at radius 3 is 2.50 bits per heavy atom. The molecule has 0 saturated heterocycles. The van der Waals surface area contributed by atoms with Crippen LogP contribution in [-0.4, -0.2) is 4.90 Å². The lowest BCUT2D eigenvalue weighted by Crippen LogP contribution is -2.20. The average molecular weight is 235 g/mol. The zero-order chi connectivity index (χ0) is 12.4. The molecule has 1 nitrogen and oxygen atoms in total. The van der Waals surface area contributed by atoms with E-state index in [1.165, 1.54) is 22.3 Å². The van der Waals surface area contributed by atoms with Gasteiger partial charge in [0.1, 0.15) is 0 Å². The predicted molar refractivity (Wildman–Crippen MR) is 75.8 cm³/mol. The van der Waals surface area contributed by atoms with Crippen LogP contribution in [0.2, 0.25) is 0 Å². The first-order valence-corrected chi connectivity index (χ1v) is 6.37. The third-order valence-corrected chi connectivity index (χ3v) is 3.42. The highest BCUT2D eigenvalue weighted by Crippen LogP contribution is 2.26. The summed E-state index contributed by atoms with van der Waals surface area (Å²) in [4.78, 5) is 2.38. The molecule has 2 aromatic carbocycles. The Balaban J connectivity index is 1.84. The number of rotatable bonds is 2. The fourth-order valence-electron chi connectivity index (χ4n) is 2.57. The standard InChI is InChI=1S/C17H17N/c1-14-11-18(12-15-7-3-2-4-8-15)13-16-9-5-6-10-17(14)16/h2-11H,12-13H2,1H3. The van der Waals surface area contributed by atoms with Gasteiger partial charge in [0.15, 0.2) is 0 Å². The van der Waals surface area contributed by atoms with Crippen molar-refractivity contribution in [2.75, 3.05) is 0 Å². The highest BCUT2D eigenvalue weighted by Gasteiger charge is 2.13. The molecular formula is C17H17N. The number of benzene rings is 2. The molecule has 0 saturated carbocycles. The lowest BCUT2D eigenvalue weighted by Gasteiger charge is -2.28. The summed E-state index contributed by atoms with van der Waals surface area (Å²) in [5, 5.41) is 0. The quantitative estimate of drug-likeness (QED) is 0.758. The summed E-state index contributed by atoms with van der Waals surface area (Å²) in [5.41, 5.74) is 5.53. The molecule has 1 heterocycles. The number of hydrogen-bond donors (Lipinski definition) is 0. The second-order valence-corrected chi connectivity index (χ2v) is 4.86. The van der Waals surface area contributed by atoms with Crippen molar-refractivity contribution in [3.05, 3.63) is 77.5 Å². The molecular weight excluding hydrogens is 218 g/mol. The van der Waals surface area contributed by atoms with Crippen LogP contribution in [0.15, 0.2) is 60.8 Å². The van der Waals surface area contributed by atoms with E-state index < -0.39 is 0 Å². The first-order valence-electron chi connectivity index (χ1n) is 6.37. The Hall–Kier alpha value is -2.02. The normalized spacial score (nSPS) is 14.1. The topological polar surface area (TPSA) is 3.24 Å². The van der Waals surface area contributed by atoms with Crippen LogP contribution in [0.4, 0.5) is 0 Å². The number of allylic oxidation sites excluding steroid dienone is 1. The molecule has 0 fully saturated rings. The van der Waals surface area contributed by atoms with E-state index in [2.05, 4.69) is 72.6 Å². The molecule has 0 aromatic heterocycles. The van der Waals surface area contributed by atoms with Gasteiger partial charge in [-0.3, -0.25) is 0 Å². The molecule has 0 unspecified atom stereocenters. The van der Waals surface area contributed by atoms with Crippen LogP contribution in [-0.2, 0) is 13.1 Å². The van der Waals surface area contributed by atoms with Gasteiger partial charge in [0.2, 0.25) is 0 Å². The van der Waals surface area contributed by atoms with Gasteiger partial charge in [0.05, 0.1) is 0 Å². The Bertz CT molecular complexity index is 569. The maximum Gasteiger partial charge on any atom is 0.0433 e. The smallest absolute Gasteiger partial charge is 0.0433 e. The van der Waals surface area contributed by atoms with Crippen molar-refractivity contribution in [2.45, 2.75) is 20.0 Å². The number of nitrogens with zero attached hydrogens (tertiary/aromatic N) is 1. The molecule has 0 aliphatic carbocycles. The van der Waals surface area contributed by atoms with Gasteiger partial charge in [-0.2, -0.15) is 0 Å². The van der Waals surface area contributed by atoms with Crippen molar-refractivity contribution in [1.82, 2.24) is 4.90 Å². The number of hydrogen-bond acceptors (Lipinski definition) is 1. The van der Waals surface area contributed by atoms with Gasteiger partial charge in [0.25, 0.3) is 0 Å². The zero-order valence-corrected chi connectivity index (χ0v) is 10.6. The van der Waals surface area contributed by atoms with Gasteiger partial charge >= 0.3 is 0 Å². The summed E-state index contributed by atoms with van der Waals surface area (Å²) in [6, 6.07) is 19.3. The Labute approximate surface area is 108 Å². The highest BCUT2D eigenvalue weighted by molar-refractivity contribution is 5.67. The van der Waals surface area contributed by atoms with Gasteiger partial charge in [-0.1, -0.05) is 54.6 Å². The molecule has 0 N–H and O–H groups in total. The molecule has 1 heteroatoms. The van der Waals surface area contributed by atoms with Crippen LogP contribution in [0.25, 0.3) is 5.57 Å². The van der Waals surface area contributed by atoms with E-state index in [9.17, 15) is 0 Å². The van der Waals surface area contributed by atoms with Crippen LogP contribution in [0.5, 0.6) is 0 Å².